The van der Waals surface area contributed by atoms with Crippen molar-refractivity contribution in [3.8, 4) is 5.75 Å². The molecule has 5 heteroatoms. The zero-order chi connectivity index (χ0) is 14.0. The molecular weight excluding hydrogens is 264 g/mol. The van der Waals surface area contributed by atoms with Crippen molar-refractivity contribution in [1.29, 1.82) is 0 Å². The molecule has 1 aromatic carbocycles. The van der Waals surface area contributed by atoms with Crippen molar-refractivity contribution >= 4 is 28.9 Å². The summed E-state index contributed by atoms with van der Waals surface area (Å²) in [5.41, 5.74) is 6.35. The molecule has 0 fully saturated rings. The number of ether oxygens (including phenoxy) is 1. The smallest absolute Gasteiger partial charge is 0.170 e. The number of halogens is 1. The highest BCUT2D eigenvalue weighted by atomic mass is 35.5. The number of hydrogen-bond donors (Lipinski definition) is 1. The normalized spacial score (nSPS) is 22.9. The maximum Gasteiger partial charge on any atom is 0.170 e. The van der Waals surface area contributed by atoms with Gasteiger partial charge in [-0.1, -0.05) is 6.92 Å². The van der Waals surface area contributed by atoms with Gasteiger partial charge in [-0.05, 0) is 31.5 Å². The van der Waals surface area contributed by atoms with Gasteiger partial charge in [0.15, 0.2) is 5.78 Å². The van der Waals surface area contributed by atoms with E-state index < -0.39 is 5.60 Å². The number of alkyl halides is 1. The molecule has 0 aliphatic carbocycles. The Morgan fingerprint density at radius 1 is 1.58 bits per heavy atom. The van der Waals surface area contributed by atoms with Gasteiger partial charge in [-0.3, -0.25) is 4.79 Å². The van der Waals surface area contributed by atoms with Crippen LogP contribution in [0, 0.1) is 0 Å². The quantitative estimate of drug-likeness (QED) is 0.526. The maximum atomic E-state index is 12.2. The second-order valence-electron chi connectivity index (χ2n) is 4.92. The second kappa shape index (κ2) is 5.21. The molecule has 0 amide bonds. The third-order valence-corrected chi connectivity index (χ3v) is 3.59. The lowest BCUT2D eigenvalue weighted by Crippen LogP contribution is -2.38. The van der Waals surface area contributed by atoms with E-state index in [0.717, 1.165) is 6.42 Å². The van der Waals surface area contributed by atoms with Crippen LogP contribution in [0.25, 0.3) is 0 Å². The minimum Gasteiger partial charge on any atom is -0.486 e. The number of aliphatic imine (C=N–C) groups is 1. The minimum absolute atomic E-state index is 0.0760. The molecule has 1 unspecified atom stereocenters. The van der Waals surface area contributed by atoms with E-state index in [2.05, 4.69) is 4.99 Å². The predicted molar refractivity (Wildman–Crippen MR) is 76.7 cm³/mol. The molecule has 1 atom stereocenters. The number of benzene rings is 1. The van der Waals surface area contributed by atoms with Crippen molar-refractivity contribution in [1.82, 2.24) is 0 Å². The van der Waals surface area contributed by atoms with Crippen LogP contribution in [0.5, 0.6) is 5.75 Å². The topological polar surface area (TPSA) is 64.7 Å². The van der Waals surface area contributed by atoms with Crippen molar-refractivity contribution in [2.24, 2.45) is 10.7 Å². The fourth-order valence-electron chi connectivity index (χ4n) is 2.02. The zero-order valence-corrected chi connectivity index (χ0v) is 11.8. The summed E-state index contributed by atoms with van der Waals surface area (Å²) in [6.45, 7) is 3.96. The molecule has 0 radical (unpaired) electrons. The molecule has 0 spiro atoms. The van der Waals surface area contributed by atoms with Gasteiger partial charge < -0.3 is 10.5 Å². The van der Waals surface area contributed by atoms with E-state index in [4.69, 9.17) is 22.1 Å². The number of carbonyl (C=O) groups is 1. The molecule has 1 aromatic rings. The van der Waals surface area contributed by atoms with E-state index in [1.807, 2.05) is 13.8 Å². The lowest BCUT2D eigenvalue weighted by Gasteiger charge is -2.34. The van der Waals surface area contributed by atoms with Gasteiger partial charge in [-0.15, -0.1) is 11.6 Å². The second-order valence-corrected chi connectivity index (χ2v) is 5.19. The number of nitrogens with two attached hydrogens (primary N) is 1. The molecule has 0 aromatic heterocycles. The highest BCUT2D eigenvalue weighted by Gasteiger charge is 2.34. The molecular formula is C14H17ClN2O2. The molecule has 0 bridgehead atoms. The van der Waals surface area contributed by atoms with Gasteiger partial charge in [0.2, 0.25) is 0 Å². The third kappa shape index (κ3) is 2.89. The van der Waals surface area contributed by atoms with Gasteiger partial charge >= 0.3 is 0 Å². The first-order chi connectivity index (χ1) is 8.97. The Morgan fingerprint density at radius 2 is 2.32 bits per heavy atom. The Labute approximate surface area is 117 Å². The average Bonchev–Trinajstić information content (AvgIpc) is 2.39. The lowest BCUT2D eigenvalue weighted by molar-refractivity contribution is 0.0499. The summed E-state index contributed by atoms with van der Waals surface area (Å²) in [7, 11) is 0. The van der Waals surface area contributed by atoms with Crippen molar-refractivity contribution in [2.45, 2.75) is 32.3 Å². The first-order valence-corrected chi connectivity index (χ1v) is 6.76. The van der Waals surface area contributed by atoms with Gasteiger partial charge in [-0.2, -0.15) is 0 Å². The summed E-state index contributed by atoms with van der Waals surface area (Å²) >= 11 is 5.58. The van der Waals surface area contributed by atoms with Crippen molar-refractivity contribution in [3.05, 3.63) is 23.8 Å². The van der Waals surface area contributed by atoms with Crippen LogP contribution in [-0.4, -0.2) is 23.1 Å². The molecule has 19 heavy (non-hydrogen) atoms. The van der Waals surface area contributed by atoms with E-state index in [1.54, 1.807) is 18.2 Å². The van der Waals surface area contributed by atoms with Gasteiger partial charge in [0.25, 0.3) is 0 Å². The highest BCUT2D eigenvalue weighted by molar-refractivity contribution is 6.28. The van der Waals surface area contributed by atoms with Crippen molar-refractivity contribution in [2.75, 3.05) is 5.88 Å². The number of nitrogens with zero attached hydrogens (tertiary/aromatic N) is 1. The first-order valence-electron chi connectivity index (χ1n) is 6.22. The molecule has 2 N–H and O–H groups in total. The Bertz CT molecular complexity index is 542. The largest absolute Gasteiger partial charge is 0.486 e. The van der Waals surface area contributed by atoms with Crippen LogP contribution in [0.2, 0.25) is 0 Å². The van der Waals surface area contributed by atoms with Crippen LogP contribution in [0.1, 0.15) is 37.0 Å². The van der Waals surface area contributed by atoms with Crippen LogP contribution in [0.15, 0.2) is 23.2 Å². The Kier molecular flexibility index (Phi) is 3.80. The molecule has 102 valence electrons. The van der Waals surface area contributed by atoms with Crippen LogP contribution in [0.4, 0.5) is 5.69 Å². The summed E-state index contributed by atoms with van der Waals surface area (Å²) in [5.74, 6) is 1.18. The highest BCUT2D eigenvalue weighted by Crippen LogP contribution is 2.36. The molecule has 4 nitrogen and oxygen atoms in total. The van der Waals surface area contributed by atoms with E-state index in [-0.39, 0.29) is 11.7 Å². The molecule has 1 aliphatic heterocycles. The van der Waals surface area contributed by atoms with Gasteiger partial charge in [0, 0.05) is 0 Å². The summed E-state index contributed by atoms with van der Waals surface area (Å²) in [5, 5.41) is 0. The molecule has 0 saturated heterocycles. The predicted octanol–water partition coefficient (Wildman–Crippen LogP) is 3.05. The lowest BCUT2D eigenvalue weighted by atomic mass is 9.89. The summed E-state index contributed by atoms with van der Waals surface area (Å²) < 4.78 is 5.90. The summed E-state index contributed by atoms with van der Waals surface area (Å²) in [6.07, 6.45) is 1.17. The SMILES string of the molecule is CCC1(C)CC(=O)c2cc(N=C(N)CCl)ccc2O1. The summed E-state index contributed by atoms with van der Waals surface area (Å²) in [4.78, 5) is 16.3. The Morgan fingerprint density at radius 3 is 2.95 bits per heavy atom. The number of fused-ring (bicyclic) bond motifs is 1. The van der Waals surface area contributed by atoms with Crippen LogP contribution in [-0.2, 0) is 0 Å². The molecule has 2 rings (SSSR count). The van der Waals surface area contributed by atoms with Crippen molar-refractivity contribution < 1.29 is 9.53 Å². The number of carbonyl (C=O) groups excluding carboxylic acids is 1. The van der Waals surface area contributed by atoms with E-state index in [0.29, 0.717) is 29.3 Å². The standard InChI is InChI=1S/C14H17ClN2O2/c1-3-14(2)7-11(18)10-6-9(17-13(16)8-15)4-5-12(10)19-14/h4-6H,3,7-8H2,1-2H3,(H2,16,17). The fraction of sp³-hybridized carbons (Fsp3) is 0.429. The van der Waals surface area contributed by atoms with Gasteiger partial charge in [-0.25, -0.2) is 4.99 Å². The zero-order valence-electron chi connectivity index (χ0n) is 11.1. The van der Waals surface area contributed by atoms with Gasteiger partial charge in [0.05, 0.1) is 23.6 Å². The minimum atomic E-state index is -0.413. The number of Topliss-reactive ketones (excluding diaryl/α,β-unsaturated/α-hetero) is 1. The Hall–Kier alpha value is -1.55. The van der Waals surface area contributed by atoms with E-state index >= 15 is 0 Å². The Balaban J connectivity index is 2.37. The van der Waals surface area contributed by atoms with Crippen LogP contribution < -0.4 is 10.5 Å². The fourth-order valence-corrected chi connectivity index (χ4v) is 2.08. The number of rotatable bonds is 3. The van der Waals surface area contributed by atoms with E-state index in [9.17, 15) is 4.79 Å². The number of amidine groups is 1. The monoisotopic (exact) mass is 280 g/mol. The van der Waals surface area contributed by atoms with Crippen molar-refractivity contribution in [3.63, 3.8) is 0 Å². The van der Waals surface area contributed by atoms with Crippen LogP contribution in [0.3, 0.4) is 0 Å². The number of hydrogen-bond acceptors (Lipinski definition) is 3. The third-order valence-electron chi connectivity index (χ3n) is 3.31. The molecule has 0 saturated carbocycles. The molecule has 1 heterocycles. The molecule has 1 aliphatic rings. The van der Waals surface area contributed by atoms with E-state index in [1.165, 1.54) is 0 Å². The number of ketones is 1. The maximum absolute atomic E-state index is 12.2. The van der Waals surface area contributed by atoms with Crippen LogP contribution >= 0.6 is 11.6 Å². The average molecular weight is 281 g/mol. The summed E-state index contributed by atoms with van der Waals surface area (Å²) in [6, 6.07) is 5.24. The first kappa shape index (κ1) is 13.9. The van der Waals surface area contributed by atoms with Gasteiger partial charge in [0.1, 0.15) is 17.2 Å².